The van der Waals surface area contributed by atoms with Crippen molar-refractivity contribution in [1.82, 2.24) is 39.9 Å². The van der Waals surface area contributed by atoms with Gasteiger partial charge in [-0.25, -0.2) is 19.9 Å². The number of H-pyrrole nitrogens is 4. The molecule has 6 aromatic heterocycles. The Bertz CT molecular complexity index is 4600. The van der Waals surface area contributed by atoms with Gasteiger partial charge in [-0.05, 0) is 223 Å². The Morgan fingerprint density at radius 3 is 1.08 bits per heavy atom. The number of aromatic amines is 4. The van der Waals surface area contributed by atoms with Crippen LogP contribution in [0, 0.1) is 41.5 Å². The van der Waals surface area contributed by atoms with E-state index in [1.165, 1.54) is 32.1 Å². The molecule has 516 valence electrons. The SMILES string of the molecule is C=Cc1c(C)c2cc3[nH]c(cc4nc(cc5nc(cc1[nH]2)C(C)=C5CCC(=O)[O-])C(C[CH2-])=C4C)c(C)c3C(C)OCCCCCC.C=Cc1c(C)c2cc3nc(cc4nc(cc5[nH]c(cc1[nH]2)c(C)c5C(C)OCCCCCC)C(C)=C4CCC(=O)[O-])C(C[CH2-])=C3C.O=C=O.O=C=O.[Na+].[Na+].[Na+].[Na+]. The van der Waals surface area contributed by atoms with Crippen molar-refractivity contribution in [3.8, 4) is 0 Å². The van der Waals surface area contributed by atoms with Crippen LogP contribution in [0.1, 0.15) is 248 Å². The monoisotopic (exact) mass is 1420 g/mol. The zero-order valence-corrected chi connectivity index (χ0v) is 70.9. The molecule has 16 bridgehead atoms. The number of aliphatic carboxylic acids is 2. The van der Waals surface area contributed by atoms with Crippen LogP contribution < -0.4 is 128 Å². The van der Waals surface area contributed by atoms with E-state index < -0.39 is 11.9 Å². The van der Waals surface area contributed by atoms with E-state index in [2.05, 4.69) is 147 Å². The smallest absolute Gasteiger partial charge is 0.550 e. The van der Waals surface area contributed by atoms with Crippen molar-refractivity contribution < 1.29 is 167 Å². The van der Waals surface area contributed by atoms with Gasteiger partial charge in [0.25, 0.3) is 0 Å². The van der Waals surface area contributed by atoms with Gasteiger partial charge in [-0.2, -0.15) is 32.0 Å². The normalized spacial score (nSPS) is 12.7. The van der Waals surface area contributed by atoms with Crippen molar-refractivity contribution in [2.75, 3.05) is 13.2 Å². The number of unbranched alkanes of at least 4 members (excludes halogenated alkanes) is 6. The van der Waals surface area contributed by atoms with Crippen molar-refractivity contribution in [3.05, 3.63) is 166 Å². The first kappa shape index (κ1) is 90.5. The van der Waals surface area contributed by atoms with Crippen molar-refractivity contribution in [3.63, 3.8) is 0 Å². The van der Waals surface area contributed by atoms with Gasteiger partial charge >= 0.3 is 131 Å². The second-order valence-electron chi connectivity index (χ2n) is 25.0. The number of carbonyl (C=O) groups is 2. The van der Waals surface area contributed by atoms with Gasteiger partial charge in [0.2, 0.25) is 0 Å². The molecule has 4 aliphatic rings. The van der Waals surface area contributed by atoms with E-state index in [1.807, 2.05) is 44.2 Å². The fraction of sp³-hybridized carbons (Fsp3) is 0.375. The summed E-state index contributed by atoms with van der Waals surface area (Å²) in [5, 5.41) is 23.0. The van der Waals surface area contributed by atoms with Crippen LogP contribution in [-0.4, -0.2) is 77.3 Å². The van der Waals surface area contributed by atoms with Crippen LogP contribution in [-0.2, 0) is 38.2 Å². The van der Waals surface area contributed by atoms with Gasteiger partial charge in [0.05, 0.1) is 57.8 Å². The molecule has 4 N–H and O–H groups in total. The van der Waals surface area contributed by atoms with Gasteiger partial charge in [-0.3, -0.25) is 0 Å². The van der Waals surface area contributed by atoms with E-state index in [9.17, 15) is 19.8 Å². The summed E-state index contributed by atoms with van der Waals surface area (Å²) in [7, 11) is 0. The summed E-state index contributed by atoms with van der Waals surface area (Å²) in [5.41, 5.74) is 30.5. The maximum absolute atomic E-state index is 11.5. The van der Waals surface area contributed by atoms with Crippen LogP contribution >= 0.6 is 0 Å². The number of allylic oxidation sites excluding steroid dienone is 8. The first-order valence-electron chi connectivity index (χ1n) is 33.8. The molecule has 6 aromatic rings. The average molecular weight is 1420 g/mol. The topological polar surface area (TPSA) is 282 Å². The van der Waals surface area contributed by atoms with Gasteiger partial charge in [-0.1, -0.05) is 77.7 Å². The number of aryl methyl sites for hydroxylation is 4. The minimum absolute atomic E-state index is 0. The van der Waals surface area contributed by atoms with E-state index in [4.69, 9.17) is 48.6 Å². The van der Waals surface area contributed by atoms with E-state index in [0.717, 1.165) is 205 Å². The van der Waals surface area contributed by atoms with Crippen LogP contribution in [0.3, 0.4) is 0 Å². The van der Waals surface area contributed by atoms with Gasteiger partial charge in [-0.15, -0.1) is 0 Å². The fourth-order valence-electron chi connectivity index (χ4n) is 13.3. The summed E-state index contributed by atoms with van der Waals surface area (Å²) in [4.78, 5) is 90.4. The number of ether oxygens (including phenoxy) is 2. The molecule has 2 atom stereocenters. The van der Waals surface area contributed by atoms with E-state index in [1.54, 1.807) is 0 Å². The second-order valence-corrected chi connectivity index (χ2v) is 25.0. The molecule has 4 aliphatic heterocycles. The number of nitrogens with zero attached hydrogens (tertiary/aromatic N) is 4. The Morgan fingerprint density at radius 1 is 0.441 bits per heavy atom. The molecule has 0 saturated heterocycles. The summed E-state index contributed by atoms with van der Waals surface area (Å²) < 4.78 is 12.8. The van der Waals surface area contributed by atoms with Crippen LogP contribution in [0.25, 0.3) is 101 Å². The molecule has 10 rings (SSSR count). The Morgan fingerprint density at radius 2 is 0.725 bits per heavy atom. The van der Waals surface area contributed by atoms with Crippen molar-refractivity contribution in [2.24, 2.45) is 0 Å². The summed E-state index contributed by atoms with van der Waals surface area (Å²) in [6.45, 7) is 43.4. The number of aromatic nitrogens is 8. The third-order valence-corrected chi connectivity index (χ3v) is 18.9. The predicted octanol–water partition coefficient (Wildman–Crippen LogP) is 4.55. The maximum atomic E-state index is 11.5. The molecular formula is C80H92N8Na4O10. The Kier molecular flexibility index (Phi) is 38.2. The maximum Gasteiger partial charge on any atom is 1.00 e. The summed E-state index contributed by atoms with van der Waals surface area (Å²) >= 11 is 0. The van der Waals surface area contributed by atoms with Crippen LogP contribution in [0.4, 0.5) is 0 Å². The number of rotatable bonds is 24. The van der Waals surface area contributed by atoms with Crippen LogP contribution in [0.5, 0.6) is 0 Å². The van der Waals surface area contributed by atoms with Crippen molar-refractivity contribution in [2.45, 2.75) is 185 Å². The fourth-order valence-corrected chi connectivity index (χ4v) is 13.3. The number of carboxylic acid groups (broad SMARTS) is 2. The number of nitrogens with one attached hydrogen (secondary N) is 4. The van der Waals surface area contributed by atoms with Crippen molar-refractivity contribution >= 4 is 125 Å². The third-order valence-electron chi connectivity index (χ3n) is 18.9. The van der Waals surface area contributed by atoms with Gasteiger partial charge in [0.15, 0.2) is 0 Å². The molecule has 2 unspecified atom stereocenters. The predicted molar refractivity (Wildman–Crippen MR) is 387 cm³/mol. The molecule has 0 spiro atoms. The van der Waals surface area contributed by atoms with Crippen LogP contribution in [0.15, 0.2) is 61.7 Å². The van der Waals surface area contributed by atoms with Gasteiger partial charge < -0.3 is 63.1 Å². The zero-order chi connectivity index (χ0) is 71.7. The molecule has 0 saturated carbocycles. The Balaban J connectivity index is 0.000000475. The standard InChI is InChI=1S/2C39H47N4O3.2CO2.4Na/c1-9-12-13-14-17-46-26(8)39-25(7)33-18-30-22(4)28(11-3)35(40-30)21-36-29(15-16-38(44)45)24(6)31(42-36)19-34-27(10-2)23(5)32(41-34)20-37(39)43-33;1-9-12-13-14-17-46-26(8)39-25(7)33-19-34-27(10-2)22(4)30(40-34)18-31-23(5)28(11-3)35(41-31)21-36-29(15-16-38(44)45)24(6)32(42-36)20-37(39)43-33;2*2-1-3;;;;/h10,18-21,26,41,43H,2-3,9,11-17H2,1,4-8H3,(H,44,45);10,18-21,26,40,43H,2-3,9,11-17H2,1,4-8H3,(H,44,45);;;;;;/q2*-1;;;4*+1/p-2. The molecule has 0 fully saturated rings. The number of carboxylic acids is 2. The van der Waals surface area contributed by atoms with Crippen LogP contribution in [0.2, 0.25) is 0 Å². The number of hydrogen-bond acceptors (Lipinski definition) is 14. The first-order valence-corrected chi connectivity index (χ1v) is 33.8. The van der Waals surface area contributed by atoms with Crippen molar-refractivity contribution in [1.29, 1.82) is 0 Å². The summed E-state index contributed by atoms with van der Waals surface area (Å²) in [5.74, 6) is -2.17. The molecule has 0 aromatic carbocycles. The van der Waals surface area contributed by atoms with Gasteiger partial charge in [0, 0.05) is 91.5 Å². The molecule has 0 aliphatic carbocycles. The number of fused-ring (bicyclic) bond motifs is 16. The minimum atomic E-state index is -1.08. The molecule has 18 nitrogen and oxygen atoms in total. The van der Waals surface area contributed by atoms with Gasteiger partial charge in [0.1, 0.15) is 0 Å². The quantitative estimate of drug-likeness (QED) is 0.0368. The zero-order valence-electron chi connectivity index (χ0n) is 62.9. The average Bonchev–Trinajstić information content (AvgIpc) is 1.62. The second kappa shape index (κ2) is 43.1. The molecule has 0 amide bonds. The molecule has 10 heterocycles. The largest absolute Gasteiger partial charge is 1.00 e. The number of carbonyl (C=O) groups excluding carboxylic acids is 6. The molecule has 22 heteroatoms. The first-order chi connectivity index (χ1) is 47.0. The van der Waals surface area contributed by atoms with E-state index in [-0.39, 0.29) is 156 Å². The number of hydrogen-bond donors (Lipinski definition) is 4. The summed E-state index contributed by atoms with van der Waals surface area (Å²) in [6, 6.07) is 16.6. The minimum Gasteiger partial charge on any atom is -0.550 e. The van der Waals surface area contributed by atoms with E-state index in [0.29, 0.717) is 32.3 Å². The molecule has 102 heavy (non-hydrogen) atoms. The summed E-state index contributed by atoms with van der Waals surface area (Å²) in [6.07, 6.45) is 14.8. The molecular weight excluding hydrogens is 1320 g/mol. The third kappa shape index (κ3) is 21.7. The Hall–Kier alpha value is -5.70. The van der Waals surface area contributed by atoms with E-state index >= 15 is 0 Å². The Labute approximate surface area is 688 Å². The molecule has 0 radical (unpaired) electrons.